The molecule has 0 aromatic heterocycles. The Kier molecular flexibility index (Phi) is 8.46. The van der Waals surface area contributed by atoms with Crippen molar-refractivity contribution in [2.75, 3.05) is 14.2 Å². The quantitative estimate of drug-likeness (QED) is 0.612. The van der Waals surface area contributed by atoms with Gasteiger partial charge >= 0.3 is 0 Å². The minimum absolute atomic E-state index is 0. The molecule has 1 aromatic rings. The van der Waals surface area contributed by atoms with E-state index in [2.05, 4.69) is 55.8 Å². The molecule has 0 unspecified atom stereocenters. The van der Waals surface area contributed by atoms with Crippen LogP contribution in [0.3, 0.4) is 0 Å². The first kappa shape index (κ1) is 15.6. The van der Waals surface area contributed by atoms with Crippen LogP contribution in [0, 0.1) is 0 Å². The third kappa shape index (κ3) is 6.67. The molecule has 1 rings (SSSR count). The molecule has 0 aliphatic rings. The van der Waals surface area contributed by atoms with Crippen molar-refractivity contribution in [2.24, 2.45) is 0 Å². The van der Waals surface area contributed by atoms with Crippen molar-refractivity contribution in [1.82, 2.24) is 0 Å². The number of ether oxygens (including phenoxy) is 1. The van der Waals surface area contributed by atoms with E-state index in [1.54, 1.807) is 14.2 Å². The van der Waals surface area contributed by atoms with E-state index in [-0.39, 0.29) is 7.43 Å². The van der Waals surface area contributed by atoms with Crippen molar-refractivity contribution in [1.29, 1.82) is 0 Å². The Morgan fingerprint density at radius 1 is 0.929 bits per heavy atom. The summed E-state index contributed by atoms with van der Waals surface area (Å²) in [6, 6.07) is 10.6. The molecule has 0 aliphatic carbocycles. The lowest BCUT2D eigenvalue weighted by molar-refractivity contribution is 0.277. The summed E-state index contributed by atoms with van der Waals surface area (Å²) in [4.78, 5) is 0. The van der Waals surface area contributed by atoms with Crippen LogP contribution in [0.4, 0.5) is 0 Å². The van der Waals surface area contributed by atoms with Crippen LogP contribution in [-0.4, -0.2) is 14.2 Å². The SMILES string of the molecule is C.CC(C)(C)c1ccccc1.COC. The maximum absolute atomic E-state index is 4.25. The average Bonchev–Trinajstić information content (AvgIpc) is 2.06. The van der Waals surface area contributed by atoms with Crippen LogP contribution in [0.5, 0.6) is 0 Å². The molecule has 14 heavy (non-hydrogen) atoms. The second-order valence-electron chi connectivity index (χ2n) is 4.02. The molecular weight excluding hydrogens is 172 g/mol. The zero-order valence-electron chi connectivity index (χ0n) is 9.29. The molecule has 82 valence electrons. The van der Waals surface area contributed by atoms with Crippen LogP contribution in [0.15, 0.2) is 30.3 Å². The molecule has 0 bridgehead atoms. The summed E-state index contributed by atoms with van der Waals surface area (Å²) in [5.74, 6) is 0. The lowest BCUT2D eigenvalue weighted by Gasteiger charge is -2.18. The van der Waals surface area contributed by atoms with Gasteiger partial charge in [0, 0.05) is 14.2 Å². The minimum Gasteiger partial charge on any atom is -0.388 e. The zero-order chi connectivity index (χ0) is 10.3. The maximum atomic E-state index is 4.25. The standard InChI is InChI=1S/C10H14.C2H6O.CH4/c1-10(2,3)9-7-5-4-6-8-9;1-3-2;/h4-8H,1-3H3;1-2H3;1H4. The summed E-state index contributed by atoms with van der Waals surface area (Å²) in [5.41, 5.74) is 1.69. The predicted molar refractivity (Wildman–Crippen MR) is 64.8 cm³/mol. The number of rotatable bonds is 0. The number of methoxy groups -OCH3 is 1. The minimum atomic E-state index is 0. The average molecular weight is 196 g/mol. The van der Waals surface area contributed by atoms with E-state index in [4.69, 9.17) is 0 Å². The Labute approximate surface area is 89.1 Å². The first-order valence-electron chi connectivity index (χ1n) is 4.48. The van der Waals surface area contributed by atoms with Crippen molar-refractivity contribution >= 4 is 0 Å². The van der Waals surface area contributed by atoms with Crippen molar-refractivity contribution in [2.45, 2.75) is 33.6 Å². The first-order valence-corrected chi connectivity index (χ1v) is 4.48. The van der Waals surface area contributed by atoms with E-state index in [1.807, 2.05) is 0 Å². The number of hydrogen-bond donors (Lipinski definition) is 0. The molecule has 0 saturated carbocycles. The fraction of sp³-hybridized carbons (Fsp3) is 0.538. The van der Waals surface area contributed by atoms with E-state index in [0.29, 0.717) is 5.41 Å². The monoisotopic (exact) mass is 196 g/mol. The van der Waals surface area contributed by atoms with E-state index < -0.39 is 0 Å². The Morgan fingerprint density at radius 3 is 1.50 bits per heavy atom. The highest BCUT2D eigenvalue weighted by molar-refractivity contribution is 5.21. The van der Waals surface area contributed by atoms with Crippen LogP contribution in [0.1, 0.15) is 33.8 Å². The third-order valence-electron chi connectivity index (χ3n) is 1.64. The third-order valence-corrected chi connectivity index (χ3v) is 1.64. The molecule has 1 nitrogen and oxygen atoms in total. The van der Waals surface area contributed by atoms with Crippen molar-refractivity contribution in [3.63, 3.8) is 0 Å². The van der Waals surface area contributed by atoms with Crippen LogP contribution in [0.2, 0.25) is 0 Å². The number of hydrogen-bond acceptors (Lipinski definition) is 1. The van der Waals surface area contributed by atoms with Gasteiger partial charge in [0.15, 0.2) is 0 Å². The van der Waals surface area contributed by atoms with E-state index in [0.717, 1.165) is 0 Å². The molecule has 0 radical (unpaired) electrons. The smallest absolute Gasteiger partial charge is 0.0351 e. The highest BCUT2D eigenvalue weighted by atomic mass is 16.4. The van der Waals surface area contributed by atoms with Gasteiger partial charge in [-0.1, -0.05) is 58.5 Å². The molecule has 1 aromatic carbocycles. The molecule has 0 atom stereocenters. The van der Waals surface area contributed by atoms with Gasteiger partial charge in [0.25, 0.3) is 0 Å². The van der Waals surface area contributed by atoms with Crippen LogP contribution >= 0.6 is 0 Å². The van der Waals surface area contributed by atoms with Gasteiger partial charge in [-0.25, -0.2) is 0 Å². The Hall–Kier alpha value is -0.820. The highest BCUT2D eigenvalue weighted by Gasteiger charge is 2.11. The van der Waals surface area contributed by atoms with Crippen LogP contribution in [0.25, 0.3) is 0 Å². The van der Waals surface area contributed by atoms with E-state index in [9.17, 15) is 0 Å². The predicted octanol–water partition coefficient (Wildman–Crippen LogP) is 3.88. The second-order valence-corrected chi connectivity index (χ2v) is 4.02. The van der Waals surface area contributed by atoms with Crippen molar-refractivity contribution in [3.05, 3.63) is 35.9 Å². The zero-order valence-corrected chi connectivity index (χ0v) is 9.29. The summed E-state index contributed by atoms with van der Waals surface area (Å²) < 4.78 is 4.25. The van der Waals surface area contributed by atoms with Gasteiger partial charge in [0.1, 0.15) is 0 Å². The fourth-order valence-corrected chi connectivity index (χ4v) is 0.938. The lowest BCUT2D eigenvalue weighted by atomic mass is 9.87. The van der Waals surface area contributed by atoms with Gasteiger partial charge in [-0.2, -0.15) is 0 Å². The molecule has 0 spiro atoms. The lowest BCUT2D eigenvalue weighted by Crippen LogP contribution is -2.10. The summed E-state index contributed by atoms with van der Waals surface area (Å²) >= 11 is 0. The second kappa shape index (κ2) is 7.57. The topological polar surface area (TPSA) is 9.23 Å². The molecule has 0 heterocycles. The van der Waals surface area contributed by atoms with Crippen LogP contribution in [-0.2, 0) is 10.2 Å². The molecule has 0 fully saturated rings. The summed E-state index contributed by atoms with van der Waals surface area (Å²) in [5, 5.41) is 0. The summed E-state index contributed by atoms with van der Waals surface area (Å²) in [6.45, 7) is 6.67. The van der Waals surface area contributed by atoms with Gasteiger partial charge < -0.3 is 4.74 Å². The van der Waals surface area contributed by atoms with Gasteiger partial charge in [-0.3, -0.25) is 0 Å². The molecular formula is C13H24O. The van der Waals surface area contributed by atoms with Gasteiger partial charge in [0.2, 0.25) is 0 Å². The Bertz CT molecular complexity index is 208. The maximum Gasteiger partial charge on any atom is 0.0351 e. The van der Waals surface area contributed by atoms with Gasteiger partial charge in [-0.15, -0.1) is 0 Å². The summed E-state index contributed by atoms with van der Waals surface area (Å²) in [6.07, 6.45) is 0. The van der Waals surface area contributed by atoms with Gasteiger partial charge in [-0.05, 0) is 11.0 Å². The van der Waals surface area contributed by atoms with Crippen LogP contribution < -0.4 is 0 Å². The molecule has 1 heteroatoms. The van der Waals surface area contributed by atoms with Crippen molar-refractivity contribution in [3.8, 4) is 0 Å². The Morgan fingerprint density at radius 2 is 1.29 bits per heavy atom. The normalized spacial score (nSPS) is 9.50. The fourth-order valence-electron chi connectivity index (χ4n) is 0.938. The molecule has 0 aliphatic heterocycles. The molecule has 0 amide bonds. The molecule has 0 N–H and O–H groups in total. The largest absolute Gasteiger partial charge is 0.388 e. The van der Waals surface area contributed by atoms with Gasteiger partial charge in [0.05, 0.1) is 0 Å². The summed E-state index contributed by atoms with van der Waals surface area (Å²) in [7, 11) is 3.25. The number of benzene rings is 1. The van der Waals surface area contributed by atoms with Crippen molar-refractivity contribution < 1.29 is 4.74 Å². The first-order chi connectivity index (χ1) is 6.02. The highest BCUT2D eigenvalue weighted by Crippen LogP contribution is 2.20. The van der Waals surface area contributed by atoms with E-state index >= 15 is 0 Å². The Balaban J connectivity index is 0. The molecule has 0 saturated heterocycles. The van der Waals surface area contributed by atoms with E-state index in [1.165, 1.54) is 5.56 Å².